The van der Waals surface area contributed by atoms with E-state index in [0.29, 0.717) is 6.04 Å². The predicted molar refractivity (Wildman–Crippen MR) is 78.4 cm³/mol. The van der Waals surface area contributed by atoms with Crippen molar-refractivity contribution in [3.63, 3.8) is 0 Å². The number of piperazine rings is 1. The van der Waals surface area contributed by atoms with Crippen molar-refractivity contribution in [2.45, 2.75) is 39.8 Å². The molecule has 4 heteroatoms. The summed E-state index contributed by atoms with van der Waals surface area (Å²) < 4.78 is 0. The van der Waals surface area contributed by atoms with Gasteiger partial charge in [-0.05, 0) is 31.9 Å². The topological polar surface area (TPSA) is 39.6 Å². The zero-order valence-electron chi connectivity index (χ0n) is 12.3. The van der Waals surface area contributed by atoms with Crippen molar-refractivity contribution in [2.75, 3.05) is 31.1 Å². The van der Waals surface area contributed by atoms with Crippen molar-refractivity contribution in [1.29, 1.82) is 0 Å². The molecule has 1 saturated heterocycles. The summed E-state index contributed by atoms with van der Waals surface area (Å²) in [5, 5.41) is 9.18. The summed E-state index contributed by atoms with van der Waals surface area (Å²) in [6, 6.07) is 4.68. The van der Waals surface area contributed by atoms with Crippen LogP contribution in [0.25, 0.3) is 0 Å². The van der Waals surface area contributed by atoms with Gasteiger partial charge in [0.25, 0.3) is 0 Å². The zero-order valence-corrected chi connectivity index (χ0v) is 12.3. The lowest BCUT2D eigenvalue weighted by Gasteiger charge is -2.38. The van der Waals surface area contributed by atoms with Gasteiger partial charge in [0, 0.05) is 37.9 Å². The third kappa shape index (κ3) is 3.25. The fourth-order valence-corrected chi connectivity index (χ4v) is 2.57. The Hall–Kier alpha value is -1.13. The van der Waals surface area contributed by atoms with Gasteiger partial charge >= 0.3 is 0 Å². The van der Waals surface area contributed by atoms with Crippen LogP contribution in [0.15, 0.2) is 12.1 Å². The third-order valence-electron chi connectivity index (χ3n) is 4.20. The first-order valence-corrected chi connectivity index (χ1v) is 7.22. The normalized spacial score (nSPS) is 18.6. The largest absolute Gasteiger partial charge is 0.392 e. The van der Waals surface area contributed by atoms with E-state index in [1.807, 2.05) is 19.1 Å². The van der Waals surface area contributed by atoms with Gasteiger partial charge in [0.2, 0.25) is 0 Å². The maximum Gasteiger partial charge on any atom is 0.128 e. The van der Waals surface area contributed by atoms with Gasteiger partial charge in [0.05, 0.1) is 6.61 Å². The Morgan fingerprint density at radius 3 is 2.47 bits per heavy atom. The maximum atomic E-state index is 9.18. The van der Waals surface area contributed by atoms with E-state index in [1.54, 1.807) is 0 Å². The monoisotopic (exact) mass is 263 g/mol. The van der Waals surface area contributed by atoms with Crippen LogP contribution in [-0.2, 0) is 6.61 Å². The van der Waals surface area contributed by atoms with Crippen LogP contribution in [0.5, 0.6) is 0 Å². The second-order valence-electron chi connectivity index (χ2n) is 5.35. The number of anilines is 1. The Morgan fingerprint density at radius 2 is 1.95 bits per heavy atom. The Labute approximate surface area is 116 Å². The average molecular weight is 263 g/mol. The fourth-order valence-electron chi connectivity index (χ4n) is 2.57. The van der Waals surface area contributed by atoms with E-state index in [0.717, 1.165) is 43.3 Å². The van der Waals surface area contributed by atoms with Crippen LogP contribution in [0, 0.1) is 6.92 Å². The van der Waals surface area contributed by atoms with Gasteiger partial charge in [0.1, 0.15) is 5.82 Å². The molecule has 1 fully saturated rings. The van der Waals surface area contributed by atoms with Crippen molar-refractivity contribution >= 4 is 5.82 Å². The first-order chi connectivity index (χ1) is 9.15. The summed E-state index contributed by atoms with van der Waals surface area (Å²) in [5.74, 6) is 1.04. The van der Waals surface area contributed by atoms with E-state index >= 15 is 0 Å². The molecule has 1 aromatic rings. The Balaban J connectivity index is 1.99. The van der Waals surface area contributed by atoms with Crippen LogP contribution < -0.4 is 4.90 Å². The predicted octanol–water partition coefficient (Wildman–Crippen LogP) is 1.80. The van der Waals surface area contributed by atoms with Crippen LogP contribution in [-0.4, -0.2) is 47.2 Å². The van der Waals surface area contributed by atoms with Crippen molar-refractivity contribution in [3.05, 3.63) is 23.4 Å². The minimum absolute atomic E-state index is 0.0703. The molecule has 1 N–H and O–H groups in total. The van der Waals surface area contributed by atoms with Crippen molar-refractivity contribution in [3.8, 4) is 0 Å². The Kier molecular flexibility index (Phi) is 4.77. The minimum atomic E-state index is 0.0703. The van der Waals surface area contributed by atoms with Gasteiger partial charge in [-0.15, -0.1) is 0 Å². The lowest BCUT2D eigenvalue weighted by atomic mass is 10.2. The second kappa shape index (κ2) is 6.35. The molecule has 0 aliphatic carbocycles. The van der Waals surface area contributed by atoms with E-state index in [9.17, 15) is 5.11 Å². The molecule has 1 atom stereocenters. The standard InChI is InChI=1S/C15H25N3O/c1-4-12(2)17-7-9-18(10-8-17)15-6-5-14(11-19)13(3)16-15/h5-6,12,19H,4,7-11H2,1-3H3. The van der Waals surface area contributed by atoms with Crippen LogP contribution in [0.1, 0.15) is 31.5 Å². The quantitative estimate of drug-likeness (QED) is 0.899. The lowest BCUT2D eigenvalue weighted by Crippen LogP contribution is -2.49. The molecule has 1 aliphatic heterocycles. The summed E-state index contributed by atoms with van der Waals surface area (Å²) in [6.45, 7) is 10.9. The first kappa shape index (κ1) is 14.3. The molecule has 0 spiro atoms. The summed E-state index contributed by atoms with van der Waals surface area (Å²) in [7, 11) is 0. The van der Waals surface area contributed by atoms with Gasteiger partial charge in [-0.1, -0.05) is 13.0 Å². The Morgan fingerprint density at radius 1 is 1.26 bits per heavy atom. The smallest absolute Gasteiger partial charge is 0.128 e. The number of pyridine rings is 1. The molecule has 4 nitrogen and oxygen atoms in total. The highest BCUT2D eigenvalue weighted by Gasteiger charge is 2.21. The number of rotatable bonds is 4. The first-order valence-electron chi connectivity index (χ1n) is 7.22. The van der Waals surface area contributed by atoms with E-state index in [4.69, 9.17) is 0 Å². The highest BCUT2D eigenvalue weighted by Crippen LogP contribution is 2.18. The minimum Gasteiger partial charge on any atom is -0.392 e. The van der Waals surface area contributed by atoms with Gasteiger partial charge in [0.15, 0.2) is 0 Å². The average Bonchev–Trinajstić information content (AvgIpc) is 2.46. The van der Waals surface area contributed by atoms with Gasteiger partial charge in [-0.2, -0.15) is 0 Å². The summed E-state index contributed by atoms with van der Waals surface area (Å²) in [4.78, 5) is 9.49. The summed E-state index contributed by atoms with van der Waals surface area (Å²) >= 11 is 0. The molecule has 106 valence electrons. The van der Waals surface area contributed by atoms with E-state index in [2.05, 4.69) is 28.6 Å². The number of aliphatic hydroxyl groups is 1. The summed E-state index contributed by atoms with van der Waals surface area (Å²) in [6.07, 6.45) is 1.21. The van der Waals surface area contributed by atoms with E-state index in [-0.39, 0.29) is 6.61 Å². The second-order valence-corrected chi connectivity index (χ2v) is 5.35. The van der Waals surface area contributed by atoms with Gasteiger partial charge < -0.3 is 10.0 Å². The molecule has 0 amide bonds. The number of aryl methyl sites for hydroxylation is 1. The van der Waals surface area contributed by atoms with Crippen molar-refractivity contribution in [1.82, 2.24) is 9.88 Å². The van der Waals surface area contributed by atoms with Gasteiger partial charge in [-0.3, -0.25) is 4.90 Å². The molecule has 1 aliphatic rings. The maximum absolute atomic E-state index is 9.18. The molecule has 2 heterocycles. The van der Waals surface area contributed by atoms with Crippen LogP contribution in [0.3, 0.4) is 0 Å². The number of aliphatic hydroxyl groups excluding tert-OH is 1. The third-order valence-corrected chi connectivity index (χ3v) is 4.20. The molecular weight excluding hydrogens is 238 g/mol. The Bertz CT molecular complexity index is 414. The highest BCUT2D eigenvalue weighted by molar-refractivity contribution is 5.42. The molecule has 1 aromatic heterocycles. The number of hydrogen-bond acceptors (Lipinski definition) is 4. The number of aromatic nitrogens is 1. The number of hydrogen-bond donors (Lipinski definition) is 1. The fraction of sp³-hybridized carbons (Fsp3) is 0.667. The molecule has 1 unspecified atom stereocenters. The van der Waals surface area contributed by atoms with E-state index < -0.39 is 0 Å². The summed E-state index contributed by atoms with van der Waals surface area (Å²) in [5.41, 5.74) is 1.85. The zero-order chi connectivity index (χ0) is 13.8. The van der Waals surface area contributed by atoms with Gasteiger partial charge in [-0.25, -0.2) is 4.98 Å². The van der Waals surface area contributed by atoms with Crippen LogP contribution in [0.2, 0.25) is 0 Å². The molecule has 19 heavy (non-hydrogen) atoms. The molecular formula is C15H25N3O. The lowest BCUT2D eigenvalue weighted by molar-refractivity contribution is 0.192. The SMILES string of the molecule is CCC(C)N1CCN(c2ccc(CO)c(C)n2)CC1. The number of nitrogens with zero attached hydrogens (tertiary/aromatic N) is 3. The molecule has 2 rings (SSSR count). The van der Waals surface area contributed by atoms with Crippen LogP contribution in [0.4, 0.5) is 5.82 Å². The highest BCUT2D eigenvalue weighted by atomic mass is 16.3. The molecule has 0 bridgehead atoms. The van der Waals surface area contributed by atoms with Crippen molar-refractivity contribution < 1.29 is 5.11 Å². The molecule has 0 aromatic carbocycles. The van der Waals surface area contributed by atoms with Crippen molar-refractivity contribution in [2.24, 2.45) is 0 Å². The molecule has 0 saturated carbocycles. The molecule has 0 radical (unpaired) electrons. The van der Waals surface area contributed by atoms with E-state index in [1.165, 1.54) is 6.42 Å². The van der Waals surface area contributed by atoms with Crippen LogP contribution >= 0.6 is 0 Å².